The maximum absolute atomic E-state index is 14.0. The lowest BCUT2D eigenvalue weighted by Crippen LogP contribution is -2.43. The molecule has 1 saturated heterocycles. The van der Waals surface area contributed by atoms with Gasteiger partial charge in [-0.3, -0.25) is 4.98 Å². The topological polar surface area (TPSA) is 84.7 Å². The van der Waals surface area contributed by atoms with Crippen LogP contribution in [0.2, 0.25) is 0 Å². The molecular weight excluding hydrogens is 413 g/mol. The number of hydrogen-bond acceptors (Lipinski definition) is 6. The van der Waals surface area contributed by atoms with Crippen LogP contribution in [0.1, 0.15) is 50.6 Å². The molecule has 32 heavy (non-hydrogen) atoms. The molecule has 1 fully saturated rings. The Morgan fingerprint density at radius 2 is 1.88 bits per heavy atom. The van der Waals surface area contributed by atoms with Gasteiger partial charge in [0, 0.05) is 13.1 Å². The monoisotopic (exact) mass is 441 g/mol. The Balaban J connectivity index is 1.46. The summed E-state index contributed by atoms with van der Waals surface area (Å²) >= 11 is 0. The minimum atomic E-state index is -0.582. The van der Waals surface area contributed by atoms with E-state index in [0.29, 0.717) is 25.4 Å². The molecule has 0 saturated carbocycles. The number of nitrogens with zero attached hydrogens (tertiary/aromatic N) is 3. The molecule has 0 radical (unpaired) electrons. The number of pyridine rings is 1. The van der Waals surface area contributed by atoms with Crippen LogP contribution in [0.25, 0.3) is 0 Å². The Morgan fingerprint density at radius 1 is 1.19 bits per heavy atom. The summed E-state index contributed by atoms with van der Waals surface area (Å²) in [6.07, 6.45) is 1.23. The third-order valence-electron chi connectivity index (χ3n) is 4.86. The summed E-state index contributed by atoms with van der Waals surface area (Å²) in [6.45, 7) is 7.20. The SMILES string of the molecule is CC(C)(C)OC(=O)N1CCC(OCc2cccc(COc3ccc(C#N)cc3F)n2)CC1. The minimum Gasteiger partial charge on any atom is -0.484 e. The lowest BCUT2D eigenvalue weighted by atomic mass is 10.1. The van der Waals surface area contributed by atoms with E-state index in [9.17, 15) is 9.18 Å². The minimum absolute atomic E-state index is 0.0446. The molecule has 170 valence electrons. The van der Waals surface area contributed by atoms with Gasteiger partial charge in [0.15, 0.2) is 11.6 Å². The molecule has 7 nitrogen and oxygen atoms in total. The summed E-state index contributed by atoms with van der Waals surface area (Å²) in [6, 6.07) is 11.5. The fraction of sp³-hybridized carbons (Fsp3) is 0.458. The van der Waals surface area contributed by atoms with Gasteiger partial charge in [-0.2, -0.15) is 5.26 Å². The first-order valence-corrected chi connectivity index (χ1v) is 10.6. The van der Waals surface area contributed by atoms with E-state index in [-0.39, 0.29) is 30.1 Å². The van der Waals surface area contributed by atoms with E-state index in [4.69, 9.17) is 19.5 Å². The Bertz CT molecular complexity index is 976. The summed E-state index contributed by atoms with van der Waals surface area (Å²) in [5, 5.41) is 8.81. The highest BCUT2D eigenvalue weighted by Gasteiger charge is 2.27. The molecule has 1 aromatic heterocycles. The summed E-state index contributed by atoms with van der Waals surface area (Å²) in [5.74, 6) is -0.509. The van der Waals surface area contributed by atoms with Gasteiger partial charge in [0.25, 0.3) is 0 Å². The number of nitriles is 1. The largest absolute Gasteiger partial charge is 0.484 e. The first-order chi connectivity index (χ1) is 15.2. The zero-order valence-electron chi connectivity index (χ0n) is 18.6. The van der Waals surface area contributed by atoms with Crippen molar-refractivity contribution in [2.45, 2.75) is 58.5 Å². The molecular formula is C24H28FN3O4. The summed E-state index contributed by atoms with van der Waals surface area (Å²) < 4.78 is 30.9. The van der Waals surface area contributed by atoms with Crippen molar-refractivity contribution >= 4 is 6.09 Å². The van der Waals surface area contributed by atoms with Crippen LogP contribution in [0.5, 0.6) is 5.75 Å². The third-order valence-corrected chi connectivity index (χ3v) is 4.86. The van der Waals surface area contributed by atoms with Gasteiger partial charge in [-0.25, -0.2) is 9.18 Å². The number of piperidine rings is 1. The first kappa shape index (κ1) is 23.5. The Kier molecular flexibility index (Phi) is 7.65. The average Bonchev–Trinajstić information content (AvgIpc) is 2.76. The third kappa shape index (κ3) is 6.92. The molecule has 1 aliphatic rings. The van der Waals surface area contributed by atoms with Crippen LogP contribution in [-0.2, 0) is 22.7 Å². The van der Waals surface area contributed by atoms with Gasteiger partial charge in [0.05, 0.1) is 35.7 Å². The highest BCUT2D eigenvalue weighted by atomic mass is 19.1. The number of likely N-dealkylation sites (tertiary alicyclic amines) is 1. The molecule has 0 spiro atoms. The fourth-order valence-electron chi connectivity index (χ4n) is 3.26. The molecule has 0 unspecified atom stereocenters. The normalized spacial score (nSPS) is 14.7. The molecule has 1 aromatic carbocycles. The van der Waals surface area contributed by atoms with Gasteiger partial charge in [0.2, 0.25) is 0 Å². The molecule has 8 heteroatoms. The van der Waals surface area contributed by atoms with Gasteiger partial charge in [0.1, 0.15) is 12.2 Å². The molecule has 3 rings (SSSR count). The van der Waals surface area contributed by atoms with Crippen molar-refractivity contribution in [2.24, 2.45) is 0 Å². The molecule has 0 aliphatic carbocycles. The number of halogens is 1. The van der Waals surface area contributed by atoms with Crippen LogP contribution in [0.15, 0.2) is 36.4 Å². The second-order valence-electron chi connectivity index (χ2n) is 8.64. The molecule has 0 bridgehead atoms. The van der Waals surface area contributed by atoms with E-state index in [0.717, 1.165) is 24.6 Å². The van der Waals surface area contributed by atoms with E-state index in [1.54, 1.807) is 11.0 Å². The van der Waals surface area contributed by atoms with Crippen LogP contribution >= 0.6 is 0 Å². The van der Waals surface area contributed by atoms with Crippen LogP contribution in [-0.4, -0.2) is 40.8 Å². The van der Waals surface area contributed by atoms with Gasteiger partial charge in [-0.1, -0.05) is 6.07 Å². The zero-order chi connectivity index (χ0) is 23.1. The van der Waals surface area contributed by atoms with Crippen LogP contribution < -0.4 is 4.74 Å². The molecule has 1 aliphatic heterocycles. The van der Waals surface area contributed by atoms with Crippen LogP contribution in [0.3, 0.4) is 0 Å². The number of ether oxygens (including phenoxy) is 3. The lowest BCUT2D eigenvalue weighted by Gasteiger charge is -2.33. The van der Waals surface area contributed by atoms with Crippen LogP contribution in [0.4, 0.5) is 9.18 Å². The van der Waals surface area contributed by atoms with Gasteiger partial charge < -0.3 is 19.1 Å². The second-order valence-corrected chi connectivity index (χ2v) is 8.64. The van der Waals surface area contributed by atoms with Crippen molar-refractivity contribution in [3.05, 3.63) is 59.2 Å². The average molecular weight is 442 g/mol. The number of rotatable bonds is 6. The van der Waals surface area contributed by atoms with Crippen molar-refractivity contribution in [3.8, 4) is 11.8 Å². The molecule has 0 N–H and O–H groups in total. The van der Waals surface area contributed by atoms with E-state index >= 15 is 0 Å². The Hall–Kier alpha value is -3.18. The quantitative estimate of drug-likeness (QED) is 0.652. The molecule has 0 atom stereocenters. The predicted octanol–water partition coefficient (Wildman–Crippen LogP) is 4.59. The number of carbonyl (C=O) groups is 1. The van der Waals surface area contributed by atoms with Gasteiger partial charge in [-0.15, -0.1) is 0 Å². The Morgan fingerprint density at radius 3 is 2.50 bits per heavy atom. The van der Waals surface area contributed by atoms with Crippen molar-refractivity contribution in [1.29, 1.82) is 5.26 Å². The first-order valence-electron chi connectivity index (χ1n) is 10.6. The number of amides is 1. The van der Waals surface area contributed by atoms with Crippen molar-refractivity contribution in [2.75, 3.05) is 13.1 Å². The highest BCUT2D eigenvalue weighted by Crippen LogP contribution is 2.20. The summed E-state index contributed by atoms with van der Waals surface area (Å²) in [7, 11) is 0. The number of benzene rings is 1. The zero-order valence-corrected chi connectivity index (χ0v) is 18.6. The van der Waals surface area contributed by atoms with E-state index in [1.807, 2.05) is 39.0 Å². The van der Waals surface area contributed by atoms with E-state index in [2.05, 4.69) is 4.98 Å². The van der Waals surface area contributed by atoms with Crippen molar-refractivity contribution in [1.82, 2.24) is 9.88 Å². The molecule has 1 amide bonds. The second kappa shape index (κ2) is 10.4. The molecule has 2 heterocycles. The standard InChI is InChI=1S/C24H28FN3O4/c1-24(2,3)32-23(29)28-11-9-20(10-12-28)30-15-18-5-4-6-19(27-18)16-31-22-8-7-17(14-26)13-21(22)25/h4-8,13,20H,9-12,15-16H2,1-3H3. The summed E-state index contributed by atoms with van der Waals surface area (Å²) in [4.78, 5) is 18.4. The maximum Gasteiger partial charge on any atom is 0.410 e. The van der Waals surface area contributed by atoms with Gasteiger partial charge in [-0.05, 0) is 63.9 Å². The van der Waals surface area contributed by atoms with E-state index in [1.165, 1.54) is 12.1 Å². The smallest absolute Gasteiger partial charge is 0.410 e. The summed E-state index contributed by atoms with van der Waals surface area (Å²) in [5.41, 5.74) is 1.14. The number of carbonyl (C=O) groups excluding carboxylic acids is 1. The number of aromatic nitrogens is 1. The Labute approximate surface area is 187 Å². The van der Waals surface area contributed by atoms with Crippen LogP contribution in [0, 0.1) is 17.1 Å². The lowest BCUT2D eigenvalue weighted by molar-refractivity contribution is -0.0178. The van der Waals surface area contributed by atoms with Crippen molar-refractivity contribution < 1.29 is 23.4 Å². The number of hydrogen-bond donors (Lipinski definition) is 0. The van der Waals surface area contributed by atoms with Crippen molar-refractivity contribution in [3.63, 3.8) is 0 Å². The molecule has 2 aromatic rings. The highest BCUT2D eigenvalue weighted by molar-refractivity contribution is 5.68. The maximum atomic E-state index is 14.0. The van der Waals surface area contributed by atoms with Gasteiger partial charge >= 0.3 is 6.09 Å². The van der Waals surface area contributed by atoms with E-state index < -0.39 is 11.4 Å². The fourth-order valence-corrected chi connectivity index (χ4v) is 3.26. The predicted molar refractivity (Wildman–Crippen MR) is 115 cm³/mol.